The number of nitrogens with zero attached hydrogens (tertiary/aromatic N) is 1. The second-order valence-corrected chi connectivity index (χ2v) is 9.60. The Morgan fingerprint density at radius 2 is 1.76 bits per heavy atom. The van der Waals surface area contributed by atoms with Crippen molar-refractivity contribution in [3.8, 4) is 5.75 Å². The first kappa shape index (κ1) is 24.5. The molecule has 0 spiro atoms. The van der Waals surface area contributed by atoms with Crippen LogP contribution in [-0.2, 0) is 6.18 Å². The number of imidazole rings is 1. The molecule has 2 fully saturated rings. The highest BCUT2D eigenvalue weighted by atomic mass is 19.4. The van der Waals surface area contributed by atoms with Gasteiger partial charge in [0.05, 0.1) is 17.4 Å². The molecule has 2 heterocycles. The van der Waals surface area contributed by atoms with Gasteiger partial charge in [0.2, 0.25) is 0 Å². The summed E-state index contributed by atoms with van der Waals surface area (Å²) in [5.74, 6) is 1.15. The van der Waals surface area contributed by atoms with Crippen molar-refractivity contribution in [3.63, 3.8) is 0 Å². The number of fused-ring (bicyclic) bond motifs is 1. The van der Waals surface area contributed by atoms with Gasteiger partial charge in [-0.05, 0) is 49.3 Å². The van der Waals surface area contributed by atoms with Gasteiger partial charge in [0.15, 0.2) is 5.82 Å². The predicted octanol–water partition coefficient (Wildman–Crippen LogP) is 6.83. The van der Waals surface area contributed by atoms with Crippen molar-refractivity contribution in [2.75, 3.05) is 6.61 Å². The van der Waals surface area contributed by atoms with E-state index in [1.54, 1.807) is 18.2 Å². The third-order valence-corrected chi connectivity index (χ3v) is 6.73. The van der Waals surface area contributed by atoms with E-state index in [0.29, 0.717) is 17.9 Å². The van der Waals surface area contributed by atoms with Crippen molar-refractivity contribution >= 4 is 11.0 Å². The minimum absolute atomic E-state index is 0.00608. The first-order chi connectivity index (χ1) is 16.2. The minimum atomic E-state index is -4.33. The number of halogens is 4. The van der Waals surface area contributed by atoms with E-state index in [4.69, 9.17) is 4.74 Å². The van der Waals surface area contributed by atoms with Gasteiger partial charge in [-0.2, -0.15) is 13.2 Å². The Bertz CT molecular complexity index is 1080. The molecule has 3 atom stereocenters. The van der Waals surface area contributed by atoms with Gasteiger partial charge in [-0.1, -0.05) is 38.3 Å². The topological polar surface area (TPSA) is 49.9 Å². The zero-order valence-electron chi connectivity index (χ0n) is 19.5. The molecule has 1 saturated carbocycles. The third-order valence-electron chi connectivity index (χ3n) is 6.73. The van der Waals surface area contributed by atoms with Gasteiger partial charge in [0.1, 0.15) is 17.9 Å². The number of nitrogens with one attached hydrogen (secondary N) is 2. The van der Waals surface area contributed by atoms with E-state index in [-0.39, 0.29) is 23.5 Å². The van der Waals surface area contributed by atoms with Gasteiger partial charge >= 0.3 is 6.18 Å². The van der Waals surface area contributed by atoms with Crippen LogP contribution in [0.3, 0.4) is 0 Å². The van der Waals surface area contributed by atoms with Crippen LogP contribution in [0.15, 0.2) is 42.7 Å². The molecule has 0 radical (unpaired) electrons. The van der Waals surface area contributed by atoms with Gasteiger partial charge in [-0.25, -0.2) is 9.37 Å². The fraction of sp³-hybridized carbons (Fsp3) is 0.500. The Morgan fingerprint density at radius 1 is 1.06 bits per heavy atom. The standard InChI is InChI=1S/C21H21F4N3O.C5H10/c1-12-6-14(13-2-4-15(5-3-13)21(23,24)25)7-16(28-12)10-29-17-8-18(22)20-19(9-17)26-11-27-20;1-5-3-2-4-5/h2-5,8-9,11-12,14,16,28H,6-7,10H2,1H3,(H,26,27);5H,2-4H2,1H3. The quantitative estimate of drug-likeness (QED) is 0.405. The van der Waals surface area contributed by atoms with Crippen molar-refractivity contribution in [3.05, 3.63) is 59.7 Å². The molecule has 2 aromatic carbocycles. The fourth-order valence-corrected chi connectivity index (χ4v) is 4.61. The highest BCUT2D eigenvalue weighted by molar-refractivity contribution is 5.76. The third kappa shape index (κ3) is 6.09. The van der Waals surface area contributed by atoms with Gasteiger partial charge in [-0.15, -0.1) is 0 Å². The number of benzene rings is 2. The predicted molar refractivity (Wildman–Crippen MR) is 124 cm³/mol. The lowest BCUT2D eigenvalue weighted by molar-refractivity contribution is -0.137. The van der Waals surface area contributed by atoms with Crippen LogP contribution in [0.1, 0.15) is 63.0 Å². The zero-order chi connectivity index (χ0) is 24.3. The molecule has 0 bridgehead atoms. The number of hydrogen-bond acceptors (Lipinski definition) is 3. The number of ether oxygens (including phenoxy) is 1. The van der Waals surface area contributed by atoms with Gasteiger partial charge in [-0.3, -0.25) is 0 Å². The molecule has 3 aromatic rings. The van der Waals surface area contributed by atoms with Crippen LogP contribution in [-0.4, -0.2) is 28.7 Å². The number of piperidine rings is 1. The number of rotatable bonds is 4. The summed E-state index contributed by atoms with van der Waals surface area (Å²) in [5.41, 5.74) is 1.08. The van der Waals surface area contributed by atoms with Gasteiger partial charge in [0, 0.05) is 24.2 Å². The maximum Gasteiger partial charge on any atom is 0.416 e. The van der Waals surface area contributed by atoms with Crippen molar-refractivity contribution in [1.82, 2.24) is 15.3 Å². The molecule has 1 aliphatic heterocycles. The van der Waals surface area contributed by atoms with Crippen molar-refractivity contribution in [2.24, 2.45) is 5.92 Å². The zero-order valence-corrected chi connectivity index (χ0v) is 19.5. The molecule has 0 amide bonds. The van der Waals surface area contributed by atoms with E-state index in [1.165, 1.54) is 31.7 Å². The van der Waals surface area contributed by atoms with E-state index in [1.807, 2.05) is 6.92 Å². The summed E-state index contributed by atoms with van der Waals surface area (Å²) in [6.45, 7) is 4.68. The Morgan fingerprint density at radius 3 is 2.38 bits per heavy atom. The second-order valence-electron chi connectivity index (χ2n) is 9.60. The lowest BCUT2D eigenvalue weighted by Crippen LogP contribution is -2.46. The average Bonchev–Trinajstić information content (AvgIpc) is 3.25. The lowest BCUT2D eigenvalue weighted by atomic mass is 9.83. The van der Waals surface area contributed by atoms with E-state index in [2.05, 4.69) is 22.2 Å². The number of aromatic nitrogens is 2. The van der Waals surface area contributed by atoms with Crippen LogP contribution < -0.4 is 10.1 Å². The van der Waals surface area contributed by atoms with E-state index < -0.39 is 17.6 Å². The molecule has 2 aliphatic rings. The SMILES string of the molecule is CC1CC(c2ccc(C(F)(F)F)cc2)CC(COc2cc(F)c3nc[nH]c3c2)N1.CC1CCC1. The van der Waals surface area contributed by atoms with Crippen LogP contribution in [0.25, 0.3) is 11.0 Å². The summed E-state index contributed by atoms with van der Waals surface area (Å²) < 4.78 is 58.2. The van der Waals surface area contributed by atoms with Crippen LogP contribution >= 0.6 is 0 Å². The smallest absolute Gasteiger partial charge is 0.416 e. The second kappa shape index (κ2) is 10.3. The van der Waals surface area contributed by atoms with Crippen LogP contribution in [0.5, 0.6) is 5.75 Å². The molecule has 184 valence electrons. The summed E-state index contributed by atoms with van der Waals surface area (Å²) in [6, 6.07) is 8.60. The van der Waals surface area contributed by atoms with Crippen molar-refractivity contribution < 1.29 is 22.3 Å². The van der Waals surface area contributed by atoms with E-state index in [9.17, 15) is 17.6 Å². The van der Waals surface area contributed by atoms with E-state index >= 15 is 0 Å². The molecule has 34 heavy (non-hydrogen) atoms. The molecule has 1 aromatic heterocycles. The average molecular weight is 478 g/mol. The summed E-state index contributed by atoms with van der Waals surface area (Å²) in [5, 5.41) is 3.45. The normalized spacial score (nSPS) is 23.2. The summed E-state index contributed by atoms with van der Waals surface area (Å²) >= 11 is 0. The molecular formula is C26H31F4N3O. The maximum absolute atomic E-state index is 14.0. The number of aromatic amines is 1. The summed E-state index contributed by atoms with van der Waals surface area (Å²) in [7, 11) is 0. The number of H-pyrrole nitrogens is 1. The summed E-state index contributed by atoms with van der Waals surface area (Å²) in [4.78, 5) is 6.78. The Balaban J connectivity index is 0.000000486. The monoisotopic (exact) mass is 477 g/mol. The minimum Gasteiger partial charge on any atom is -0.492 e. The van der Waals surface area contributed by atoms with Gasteiger partial charge in [0.25, 0.3) is 0 Å². The van der Waals surface area contributed by atoms with Crippen LogP contribution in [0.4, 0.5) is 17.6 Å². The van der Waals surface area contributed by atoms with Crippen LogP contribution in [0.2, 0.25) is 0 Å². The Labute approximate surface area is 197 Å². The molecule has 5 rings (SSSR count). The molecule has 3 unspecified atom stereocenters. The van der Waals surface area contributed by atoms with Crippen molar-refractivity contribution in [1.29, 1.82) is 0 Å². The first-order valence-electron chi connectivity index (χ1n) is 11.9. The molecule has 2 N–H and O–H groups in total. The fourth-order valence-electron chi connectivity index (χ4n) is 4.61. The number of hydrogen-bond donors (Lipinski definition) is 2. The lowest BCUT2D eigenvalue weighted by Gasteiger charge is -2.35. The molecule has 1 aliphatic carbocycles. The Hall–Kier alpha value is -2.61. The highest BCUT2D eigenvalue weighted by Gasteiger charge is 2.31. The highest BCUT2D eigenvalue weighted by Crippen LogP contribution is 2.34. The van der Waals surface area contributed by atoms with Crippen molar-refractivity contribution in [2.45, 2.75) is 70.1 Å². The van der Waals surface area contributed by atoms with Gasteiger partial charge < -0.3 is 15.0 Å². The first-order valence-corrected chi connectivity index (χ1v) is 11.9. The van der Waals surface area contributed by atoms with E-state index in [0.717, 1.165) is 36.5 Å². The molecular weight excluding hydrogens is 446 g/mol. The molecule has 1 saturated heterocycles. The Kier molecular flexibility index (Phi) is 7.45. The maximum atomic E-state index is 14.0. The summed E-state index contributed by atoms with van der Waals surface area (Å²) in [6.07, 6.45) is 3.11. The van der Waals surface area contributed by atoms with Crippen LogP contribution in [0, 0.1) is 11.7 Å². The number of alkyl halides is 3. The largest absolute Gasteiger partial charge is 0.492 e. The molecule has 8 heteroatoms. The molecule has 4 nitrogen and oxygen atoms in total.